The Balaban J connectivity index is 0.000000161. The first-order valence-electron chi connectivity index (χ1n) is 9.30. The fraction of sp³-hybridized carbons (Fsp3) is 0.364. The lowest BCUT2D eigenvalue weighted by Crippen LogP contribution is -2.06. The summed E-state index contributed by atoms with van der Waals surface area (Å²) in [6.07, 6.45) is 4.90. The summed E-state index contributed by atoms with van der Waals surface area (Å²) >= 11 is 3.34. The molecule has 0 heterocycles. The summed E-state index contributed by atoms with van der Waals surface area (Å²) in [5.41, 5.74) is 9.72. The van der Waals surface area contributed by atoms with Gasteiger partial charge >= 0.3 is 11.9 Å². The van der Waals surface area contributed by atoms with Crippen molar-refractivity contribution >= 4 is 33.6 Å². The van der Waals surface area contributed by atoms with Gasteiger partial charge in [-0.25, -0.2) is 9.59 Å². The van der Waals surface area contributed by atoms with Crippen LogP contribution < -0.4 is 5.73 Å². The van der Waals surface area contributed by atoms with Gasteiger partial charge < -0.3 is 15.2 Å². The van der Waals surface area contributed by atoms with Crippen LogP contribution in [0.3, 0.4) is 0 Å². The minimum atomic E-state index is -0.356. The van der Waals surface area contributed by atoms with E-state index in [2.05, 4.69) is 26.7 Å². The molecular formula is C22H24BrNO4. The molecule has 2 aromatic carbocycles. The molecule has 0 atom stereocenters. The van der Waals surface area contributed by atoms with Crippen LogP contribution in [-0.4, -0.2) is 26.2 Å². The van der Waals surface area contributed by atoms with Gasteiger partial charge in [0.1, 0.15) is 0 Å². The average Bonchev–Trinajstić information content (AvgIpc) is 3.60. The van der Waals surface area contributed by atoms with Crippen LogP contribution in [0.1, 0.15) is 69.4 Å². The van der Waals surface area contributed by atoms with E-state index in [0.29, 0.717) is 28.7 Å². The molecule has 0 spiro atoms. The maximum Gasteiger partial charge on any atom is 0.339 e. The Bertz CT molecular complexity index is 815. The number of esters is 2. The highest BCUT2D eigenvalue weighted by molar-refractivity contribution is 9.10. The number of halogens is 1. The van der Waals surface area contributed by atoms with Crippen molar-refractivity contribution in [2.45, 2.75) is 37.5 Å². The Kier molecular flexibility index (Phi) is 6.39. The molecule has 2 aliphatic carbocycles. The molecule has 28 heavy (non-hydrogen) atoms. The van der Waals surface area contributed by atoms with Crippen molar-refractivity contribution in [3.63, 3.8) is 0 Å². The molecule has 2 aliphatic rings. The van der Waals surface area contributed by atoms with Crippen LogP contribution in [0.5, 0.6) is 0 Å². The van der Waals surface area contributed by atoms with Crippen LogP contribution in [0.4, 0.5) is 5.69 Å². The van der Waals surface area contributed by atoms with Gasteiger partial charge in [-0.2, -0.15) is 0 Å². The number of rotatable bonds is 4. The van der Waals surface area contributed by atoms with Gasteiger partial charge in [-0.1, -0.05) is 12.1 Å². The van der Waals surface area contributed by atoms with Crippen molar-refractivity contribution in [2.75, 3.05) is 20.0 Å². The molecule has 0 saturated heterocycles. The minimum absolute atomic E-state index is 0.278. The largest absolute Gasteiger partial charge is 0.465 e. The number of carbonyl (C=O) groups excluding carboxylic acids is 2. The lowest BCUT2D eigenvalue weighted by Gasteiger charge is -2.05. The van der Waals surface area contributed by atoms with Crippen LogP contribution in [0.2, 0.25) is 0 Å². The predicted molar refractivity (Wildman–Crippen MR) is 112 cm³/mol. The zero-order valence-electron chi connectivity index (χ0n) is 16.0. The highest BCUT2D eigenvalue weighted by Crippen LogP contribution is 2.41. The van der Waals surface area contributed by atoms with E-state index in [1.54, 1.807) is 6.07 Å². The summed E-state index contributed by atoms with van der Waals surface area (Å²) in [5.74, 6) is 0.648. The molecule has 148 valence electrons. The molecule has 6 heteroatoms. The fourth-order valence-electron chi connectivity index (χ4n) is 3.01. The van der Waals surface area contributed by atoms with Crippen molar-refractivity contribution in [3.05, 3.63) is 63.1 Å². The third kappa shape index (κ3) is 4.93. The first-order chi connectivity index (χ1) is 13.4. The third-order valence-electron chi connectivity index (χ3n) is 4.98. The molecule has 2 fully saturated rings. The number of hydrogen-bond acceptors (Lipinski definition) is 5. The molecule has 0 unspecified atom stereocenters. The second-order valence-electron chi connectivity index (χ2n) is 7.12. The molecule has 0 aromatic heterocycles. The van der Waals surface area contributed by atoms with Crippen molar-refractivity contribution in [1.82, 2.24) is 0 Å². The number of hydrogen-bond donors (Lipinski definition) is 1. The van der Waals surface area contributed by atoms with Crippen molar-refractivity contribution < 1.29 is 19.1 Å². The first kappa shape index (κ1) is 20.4. The fourth-order valence-corrected chi connectivity index (χ4v) is 3.42. The van der Waals surface area contributed by atoms with E-state index in [4.69, 9.17) is 10.5 Å². The number of carbonyl (C=O) groups is 2. The highest BCUT2D eigenvalue weighted by atomic mass is 79.9. The van der Waals surface area contributed by atoms with E-state index in [9.17, 15) is 9.59 Å². The Morgan fingerprint density at radius 3 is 1.82 bits per heavy atom. The van der Waals surface area contributed by atoms with Crippen molar-refractivity contribution in [1.29, 1.82) is 0 Å². The van der Waals surface area contributed by atoms with Gasteiger partial charge in [-0.05, 0) is 88.8 Å². The quantitative estimate of drug-likeness (QED) is 0.526. The van der Waals surface area contributed by atoms with Crippen LogP contribution >= 0.6 is 15.9 Å². The summed E-state index contributed by atoms with van der Waals surface area (Å²) < 4.78 is 10.2. The zero-order valence-corrected chi connectivity index (χ0v) is 17.6. The number of nitrogens with two attached hydrogens (primary N) is 1. The van der Waals surface area contributed by atoms with E-state index in [1.807, 2.05) is 24.3 Å². The summed E-state index contributed by atoms with van der Waals surface area (Å²) in [5, 5.41) is 0. The Morgan fingerprint density at radius 2 is 1.32 bits per heavy atom. The van der Waals surface area contributed by atoms with Crippen molar-refractivity contribution in [2.24, 2.45) is 0 Å². The van der Waals surface area contributed by atoms with E-state index < -0.39 is 0 Å². The maximum atomic E-state index is 11.4. The van der Waals surface area contributed by atoms with E-state index >= 15 is 0 Å². The number of benzene rings is 2. The van der Waals surface area contributed by atoms with Gasteiger partial charge in [0.25, 0.3) is 0 Å². The van der Waals surface area contributed by atoms with Crippen LogP contribution in [-0.2, 0) is 9.47 Å². The molecule has 5 nitrogen and oxygen atoms in total. The molecular weight excluding hydrogens is 422 g/mol. The number of anilines is 1. The van der Waals surface area contributed by atoms with Crippen LogP contribution in [0.25, 0.3) is 0 Å². The van der Waals surface area contributed by atoms with E-state index in [1.165, 1.54) is 51.0 Å². The molecule has 0 amide bonds. The van der Waals surface area contributed by atoms with Gasteiger partial charge in [-0.3, -0.25) is 0 Å². The lowest BCUT2D eigenvalue weighted by atomic mass is 10.1. The summed E-state index contributed by atoms with van der Waals surface area (Å²) in [6, 6.07) is 11.5. The smallest absolute Gasteiger partial charge is 0.339 e. The van der Waals surface area contributed by atoms with Gasteiger partial charge in [-0.15, -0.1) is 0 Å². The second kappa shape index (κ2) is 8.78. The first-order valence-corrected chi connectivity index (χ1v) is 10.1. The van der Waals surface area contributed by atoms with Gasteiger partial charge in [0.2, 0.25) is 0 Å². The zero-order chi connectivity index (χ0) is 20.3. The normalized spacial score (nSPS) is 15.2. The topological polar surface area (TPSA) is 78.6 Å². The Morgan fingerprint density at radius 1 is 0.857 bits per heavy atom. The molecule has 0 radical (unpaired) electrons. The van der Waals surface area contributed by atoms with Crippen LogP contribution in [0.15, 0.2) is 40.9 Å². The minimum Gasteiger partial charge on any atom is -0.465 e. The van der Waals surface area contributed by atoms with E-state index in [-0.39, 0.29) is 11.9 Å². The monoisotopic (exact) mass is 445 g/mol. The summed E-state index contributed by atoms with van der Waals surface area (Å²) in [4.78, 5) is 22.7. The van der Waals surface area contributed by atoms with E-state index in [0.717, 1.165) is 4.47 Å². The lowest BCUT2D eigenvalue weighted by molar-refractivity contribution is 0.0591. The third-order valence-corrected chi connectivity index (χ3v) is 5.67. The molecule has 2 N–H and O–H groups in total. The van der Waals surface area contributed by atoms with Gasteiger partial charge in [0.05, 0.1) is 25.3 Å². The number of methoxy groups -OCH3 is 2. The second-order valence-corrected chi connectivity index (χ2v) is 7.97. The Hall–Kier alpha value is -2.34. The molecule has 0 bridgehead atoms. The number of ether oxygens (including phenoxy) is 2. The van der Waals surface area contributed by atoms with Gasteiger partial charge in [0.15, 0.2) is 0 Å². The SMILES string of the molecule is COC(=O)c1cc(C2CC2)ccc1Br.COC(=O)c1cc(C2CC2)ccc1N. The standard InChI is InChI=1S/C11H11BrO2.C11H13NO2/c2*1-14-11(13)9-6-8(7-2-3-7)4-5-10(9)12/h4-7H,2-3H2,1H3;4-7H,2-3,12H2,1H3. The van der Waals surface area contributed by atoms with Crippen molar-refractivity contribution in [3.8, 4) is 0 Å². The number of nitrogen functional groups attached to an aromatic ring is 1. The summed E-state index contributed by atoms with van der Waals surface area (Å²) in [7, 11) is 2.77. The predicted octanol–water partition coefficient (Wildman–Crippen LogP) is 5.05. The molecule has 4 rings (SSSR count). The van der Waals surface area contributed by atoms with Crippen LogP contribution in [0, 0.1) is 0 Å². The average molecular weight is 446 g/mol. The highest BCUT2D eigenvalue weighted by Gasteiger charge is 2.25. The molecule has 2 aromatic rings. The Labute approximate surface area is 173 Å². The van der Waals surface area contributed by atoms with Gasteiger partial charge in [0, 0.05) is 10.2 Å². The molecule has 0 aliphatic heterocycles. The molecule has 2 saturated carbocycles. The maximum absolute atomic E-state index is 11.4. The summed E-state index contributed by atoms with van der Waals surface area (Å²) in [6.45, 7) is 0.